The molecule has 2 aliphatic rings. The third-order valence-corrected chi connectivity index (χ3v) is 3.70. The van der Waals surface area contributed by atoms with Crippen molar-refractivity contribution in [1.82, 2.24) is 0 Å². The highest BCUT2D eigenvalue weighted by molar-refractivity contribution is 5.66. The molecule has 0 radical (unpaired) electrons. The molecule has 0 spiro atoms. The lowest BCUT2D eigenvalue weighted by atomic mass is 9.81. The van der Waals surface area contributed by atoms with E-state index in [9.17, 15) is 4.79 Å². The minimum absolute atomic E-state index is 0.124. The van der Waals surface area contributed by atoms with Crippen LogP contribution in [0.1, 0.15) is 31.7 Å². The van der Waals surface area contributed by atoms with Crippen LogP contribution in [-0.4, -0.2) is 18.2 Å². The molecule has 1 aliphatic carbocycles. The molecule has 3 heteroatoms. The molecule has 3 rings (SSSR count). The third kappa shape index (κ3) is 1.65. The number of carbonyl (C=O) groups is 1. The van der Waals surface area contributed by atoms with Crippen LogP contribution in [0.15, 0.2) is 30.3 Å². The second-order valence-electron chi connectivity index (χ2n) is 4.79. The maximum atomic E-state index is 11.2. The number of ether oxygens (including phenoxy) is 2. The monoisotopic (exact) mass is 232 g/mol. The number of epoxide rings is 1. The molecule has 1 saturated heterocycles. The van der Waals surface area contributed by atoms with Gasteiger partial charge < -0.3 is 9.47 Å². The molecule has 1 aromatic rings. The van der Waals surface area contributed by atoms with Crippen molar-refractivity contribution in [3.05, 3.63) is 35.9 Å². The lowest BCUT2D eigenvalue weighted by Crippen LogP contribution is -2.36. The minimum Gasteiger partial charge on any atom is -0.459 e. The van der Waals surface area contributed by atoms with Gasteiger partial charge in [-0.2, -0.15) is 0 Å². The molecule has 3 nitrogen and oxygen atoms in total. The first-order chi connectivity index (χ1) is 8.23. The van der Waals surface area contributed by atoms with E-state index in [1.54, 1.807) is 0 Å². The van der Waals surface area contributed by atoms with Gasteiger partial charge in [-0.3, -0.25) is 4.79 Å². The second kappa shape index (κ2) is 3.84. The highest BCUT2D eigenvalue weighted by Crippen LogP contribution is 2.56. The number of carbonyl (C=O) groups excluding carboxylic acids is 1. The van der Waals surface area contributed by atoms with Gasteiger partial charge in [0.1, 0.15) is 6.10 Å². The van der Waals surface area contributed by atoms with Gasteiger partial charge in [-0.15, -0.1) is 0 Å². The summed E-state index contributed by atoms with van der Waals surface area (Å²) >= 11 is 0. The van der Waals surface area contributed by atoms with Crippen LogP contribution in [0.25, 0.3) is 0 Å². The van der Waals surface area contributed by atoms with E-state index in [-0.39, 0.29) is 23.8 Å². The molecular weight excluding hydrogens is 216 g/mol. The maximum absolute atomic E-state index is 11.2. The zero-order valence-electron chi connectivity index (χ0n) is 9.89. The number of hydrogen-bond donors (Lipinski definition) is 0. The smallest absolute Gasteiger partial charge is 0.303 e. The molecule has 0 amide bonds. The van der Waals surface area contributed by atoms with Crippen LogP contribution in [-0.2, 0) is 19.9 Å². The fourth-order valence-corrected chi connectivity index (χ4v) is 2.95. The molecule has 1 heterocycles. The Labute approximate surface area is 101 Å². The Hall–Kier alpha value is -1.35. The van der Waals surface area contributed by atoms with Crippen LogP contribution >= 0.6 is 0 Å². The van der Waals surface area contributed by atoms with Gasteiger partial charge in [0, 0.05) is 6.92 Å². The van der Waals surface area contributed by atoms with Crippen molar-refractivity contribution in [3.8, 4) is 0 Å². The highest BCUT2D eigenvalue weighted by Gasteiger charge is 2.65. The predicted octanol–water partition coefficient (Wildman–Crippen LogP) is 2.40. The Morgan fingerprint density at radius 1 is 1.35 bits per heavy atom. The van der Waals surface area contributed by atoms with Crippen molar-refractivity contribution >= 4 is 5.97 Å². The number of esters is 1. The molecule has 0 aromatic heterocycles. The van der Waals surface area contributed by atoms with Crippen molar-refractivity contribution in [2.24, 2.45) is 0 Å². The summed E-state index contributed by atoms with van der Waals surface area (Å²) in [5.41, 5.74) is 0.779. The fourth-order valence-electron chi connectivity index (χ4n) is 2.95. The standard InChI is InChI=1S/C14H16O3/c1-10(15)16-12-8-5-9-13-14(12,17-13)11-6-3-2-4-7-11/h2-4,6-7,12-13H,5,8-9H2,1H3. The summed E-state index contributed by atoms with van der Waals surface area (Å²) in [5.74, 6) is -0.221. The first-order valence-electron chi connectivity index (χ1n) is 6.14. The van der Waals surface area contributed by atoms with E-state index in [1.807, 2.05) is 18.2 Å². The molecule has 1 aromatic carbocycles. The van der Waals surface area contributed by atoms with Gasteiger partial charge in [0.05, 0.1) is 6.10 Å². The van der Waals surface area contributed by atoms with Gasteiger partial charge in [0.2, 0.25) is 0 Å². The van der Waals surface area contributed by atoms with E-state index < -0.39 is 0 Å². The van der Waals surface area contributed by atoms with Crippen molar-refractivity contribution in [3.63, 3.8) is 0 Å². The molecule has 90 valence electrons. The molecule has 1 saturated carbocycles. The topological polar surface area (TPSA) is 38.8 Å². The quantitative estimate of drug-likeness (QED) is 0.580. The van der Waals surface area contributed by atoms with E-state index >= 15 is 0 Å². The number of fused-ring (bicyclic) bond motifs is 1. The summed E-state index contributed by atoms with van der Waals surface area (Å²) in [4.78, 5) is 11.2. The van der Waals surface area contributed by atoms with Gasteiger partial charge >= 0.3 is 5.97 Å². The van der Waals surface area contributed by atoms with Gasteiger partial charge in [0.25, 0.3) is 0 Å². The zero-order valence-corrected chi connectivity index (χ0v) is 9.89. The molecule has 0 bridgehead atoms. The van der Waals surface area contributed by atoms with Gasteiger partial charge in [-0.05, 0) is 24.8 Å². The van der Waals surface area contributed by atoms with Gasteiger partial charge in [0.15, 0.2) is 5.60 Å². The predicted molar refractivity (Wildman–Crippen MR) is 62.4 cm³/mol. The Bertz CT molecular complexity index is 428. The largest absolute Gasteiger partial charge is 0.459 e. The average Bonchev–Trinajstić information content (AvgIpc) is 3.06. The van der Waals surface area contributed by atoms with Crippen molar-refractivity contribution in [2.45, 2.75) is 44.0 Å². The van der Waals surface area contributed by atoms with Crippen LogP contribution in [0.2, 0.25) is 0 Å². The molecule has 2 fully saturated rings. The SMILES string of the molecule is CC(=O)OC1CCCC2OC12c1ccccc1. The molecule has 1 aliphatic heterocycles. The highest BCUT2D eigenvalue weighted by atomic mass is 16.6. The minimum atomic E-state index is -0.356. The van der Waals surface area contributed by atoms with Crippen molar-refractivity contribution in [1.29, 1.82) is 0 Å². The molecule has 3 unspecified atom stereocenters. The molecule has 0 N–H and O–H groups in total. The first-order valence-corrected chi connectivity index (χ1v) is 6.14. The normalized spacial score (nSPS) is 34.9. The van der Waals surface area contributed by atoms with E-state index in [0.717, 1.165) is 24.8 Å². The van der Waals surface area contributed by atoms with Crippen LogP contribution in [0.3, 0.4) is 0 Å². The molecule has 17 heavy (non-hydrogen) atoms. The van der Waals surface area contributed by atoms with Gasteiger partial charge in [-0.25, -0.2) is 0 Å². The zero-order chi connectivity index (χ0) is 11.9. The Morgan fingerprint density at radius 3 is 2.82 bits per heavy atom. The summed E-state index contributed by atoms with van der Waals surface area (Å²) in [5, 5.41) is 0. The number of rotatable bonds is 2. The van der Waals surface area contributed by atoms with Crippen LogP contribution in [0, 0.1) is 0 Å². The summed E-state index contributed by atoms with van der Waals surface area (Å²) in [6.07, 6.45) is 3.12. The van der Waals surface area contributed by atoms with E-state index in [2.05, 4.69) is 12.1 Å². The third-order valence-electron chi connectivity index (χ3n) is 3.70. The molecular formula is C14H16O3. The lowest BCUT2D eigenvalue weighted by molar-refractivity contribution is -0.151. The van der Waals surface area contributed by atoms with E-state index in [0.29, 0.717) is 0 Å². The van der Waals surface area contributed by atoms with E-state index in [4.69, 9.17) is 9.47 Å². The maximum Gasteiger partial charge on any atom is 0.303 e. The van der Waals surface area contributed by atoms with Gasteiger partial charge in [-0.1, -0.05) is 30.3 Å². The number of benzene rings is 1. The second-order valence-corrected chi connectivity index (χ2v) is 4.79. The fraction of sp³-hybridized carbons (Fsp3) is 0.500. The van der Waals surface area contributed by atoms with Crippen LogP contribution in [0.4, 0.5) is 0 Å². The molecule has 3 atom stereocenters. The summed E-state index contributed by atoms with van der Waals surface area (Å²) < 4.78 is 11.3. The summed E-state index contributed by atoms with van der Waals surface area (Å²) in [6.45, 7) is 1.46. The Morgan fingerprint density at radius 2 is 2.12 bits per heavy atom. The Kier molecular flexibility index (Phi) is 2.44. The summed E-state index contributed by atoms with van der Waals surface area (Å²) in [6, 6.07) is 10.1. The Balaban J connectivity index is 1.92. The first kappa shape index (κ1) is 10.8. The van der Waals surface area contributed by atoms with Crippen molar-refractivity contribution < 1.29 is 14.3 Å². The number of hydrogen-bond acceptors (Lipinski definition) is 3. The van der Waals surface area contributed by atoms with Crippen LogP contribution < -0.4 is 0 Å². The summed E-state index contributed by atoms with van der Waals surface area (Å²) in [7, 11) is 0. The van der Waals surface area contributed by atoms with Crippen molar-refractivity contribution in [2.75, 3.05) is 0 Å². The van der Waals surface area contributed by atoms with Crippen LogP contribution in [0.5, 0.6) is 0 Å². The lowest BCUT2D eigenvalue weighted by Gasteiger charge is -2.28. The average molecular weight is 232 g/mol. The van der Waals surface area contributed by atoms with E-state index in [1.165, 1.54) is 6.92 Å².